The van der Waals surface area contributed by atoms with E-state index >= 15 is 0 Å². The Kier molecular flexibility index (Phi) is 1.44. The molecule has 0 amide bonds. The van der Waals surface area contributed by atoms with Gasteiger partial charge in [0.2, 0.25) is 0 Å². The lowest BCUT2D eigenvalue weighted by atomic mass is 9.92. The van der Waals surface area contributed by atoms with Gasteiger partial charge in [0.05, 0.1) is 0 Å². The minimum Gasteiger partial charge on any atom is -0.310 e. The maximum atomic E-state index is 13.2. The Morgan fingerprint density at radius 2 is 2.10 bits per heavy atom. The van der Waals surface area contributed by atoms with E-state index in [1.54, 1.807) is 0 Å². The van der Waals surface area contributed by atoms with E-state index in [0.717, 1.165) is 18.8 Å². The summed E-state index contributed by atoms with van der Waals surface area (Å²) in [4.78, 5) is 0. The summed E-state index contributed by atoms with van der Waals surface area (Å²) < 4.78 is 13.2. The van der Waals surface area contributed by atoms with Crippen molar-refractivity contribution in [2.24, 2.45) is 5.92 Å². The molecule has 0 spiro atoms. The molecule has 2 fully saturated rings. The molecule has 2 rings (SSSR count). The lowest BCUT2D eigenvalue weighted by molar-refractivity contribution is 0.0763. The van der Waals surface area contributed by atoms with Gasteiger partial charge in [0, 0.05) is 13.1 Å². The first-order chi connectivity index (χ1) is 4.79. The lowest BCUT2D eigenvalue weighted by Gasteiger charge is -2.34. The fourth-order valence-corrected chi connectivity index (χ4v) is 1.44. The minimum atomic E-state index is -0.817. The van der Waals surface area contributed by atoms with Crippen molar-refractivity contribution in [1.29, 1.82) is 0 Å². The predicted molar refractivity (Wildman–Crippen MR) is 38.7 cm³/mol. The predicted octanol–water partition coefficient (Wildman–Crippen LogP) is 1.49. The van der Waals surface area contributed by atoms with Crippen LogP contribution < -0.4 is 5.32 Å². The van der Waals surface area contributed by atoms with Gasteiger partial charge < -0.3 is 5.32 Å². The average molecular weight is 143 g/mol. The summed E-state index contributed by atoms with van der Waals surface area (Å²) in [6, 6.07) is 0. The zero-order valence-electron chi connectivity index (χ0n) is 6.20. The third-order valence-corrected chi connectivity index (χ3v) is 2.58. The van der Waals surface area contributed by atoms with Gasteiger partial charge in [0.1, 0.15) is 5.67 Å². The molecule has 0 atom stereocenters. The molecule has 10 heavy (non-hydrogen) atoms. The topological polar surface area (TPSA) is 12.0 Å². The van der Waals surface area contributed by atoms with Gasteiger partial charge in [-0.2, -0.15) is 0 Å². The van der Waals surface area contributed by atoms with Gasteiger partial charge in [-0.15, -0.1) is 0 Å². The van der Waals surface area contributed by atoms with Crippen LogP contribution in [-0.4, -0.2) is 18.8 Å². The molecule has 2 heteroatoms. The van der Waals surface area contributed by atoms with Gasteiger partial charge in [-0.1, -0.05) is 12.8 Å². The second-order valence-corrected chi connectivity index (χ2v) is 3.74. The van der Waals surface area contributed by atoms with E-state index in [1.165, 1.54) is 12.8 Å². The van der Waals surface area contributed by atoms with E-state index in [1.807, 2.05) is 0 Å². The number of nitrogens with one attached hydrogen (secondary N) is 1. The molecule has 1 aliphatic heterocycles. The fraction of sp³-hybridized carbons (Fsp3) is 1.00. The Labute approximate surface area is 61.0 Å². The SMILES string of the molecule is FC1(CCC2CC2)CNC1. The highest BCUT2D eigenvalue weighted by Crippen LogP contribution is 2.37. The number of halogens is 1. The fourth-order valence-electron chi connectivity index (χ4n) is 1.44. The van der Waals surface area contributed by atoms with Crippen LogP contribution in [0.4, 0.5) is 4.39 Å². The first-order valence-corrected chi connectivity index (χ1v) is 4.18. The molecular formula is C8H14FN. The molecule has 1 N–H and O–H groups in total. The van der Waals surface area contributed by atoms with Crippen LogP contribution in [0.25, 0.3) is 0 Å². The summed E-state index contributed by atoms with van der Waals surface area (Å²) in [5, 5.41) is 2.97. The van der Waals surface area contributed by atoms with Gasteiger partial charge in [-0.3, -0.25) is 0 Å². The van der Waals surface area contributed by atoms with E-state index < -0.39 is 5.67 Å². The summed E-state index contributed by atoms with van der Waals surface area (Å²) in [5.41, 5.74) is -0.817. The summed E-state index contributed by atoms with van der Waals surface area (Å²) in [6.45, 7) is 1.19. The van der Waals surface area contributed by atoms with Crippen LogP contribution in [0.2, 0.25) is 0 Å². The van der Waals surface area contributed by atoms with E-state index in [0.29, 0.717) is 13.1 Å². The molecule has 0 radical (unpaired) electrons. The van der Waals surface area contributed by atoms with Crippen molar-refractivity contribution in [2.45, 2.75) is 31.4 Å². The maximum absolute atomic E-state index is 13.2. The third-order valence-electron chi connectivity index (χ3n) is 2.58. The van der Waals surface area contributed by atoms with Crippen molar-refractivity contribution < 1.29 is 4.39 Å². The van der Waals surface area contributed by atoms with E-state index in [2.05, 4.69) is 5.32 Å². The largest absolute Gasteiger partial charge is 0.310 e. The van der Waals surface area contributed by atoms with Crippen molar-refractivity contribution >= 4 is 0 Å². The highest BCUT2D eigenvalue weighted by atomic mass is 19.1. The van der Waals surface area contributed by atoms with Crippen LogP contribution in [0, 0.1) is 5.92 Å². The zero-order chi connectivity index (χ0) is 7.03. The lowest BCUT2D eigenvalue weighted by Crippen LogP contribution is -2.56. The van der Waals surface area contributed by atoms with Gasteiger partial charge in [-0.05, 0) is 18.8 Å². The van der Waals surface area contributed by atoms with Crippen LogP contribution in [0.3, 0.4) is 0 Å². The van der Waals surface area contributed by atoms with Gasteiger partial charge in [0.25, 0.3) is 0 Å². The summed E-state index contributed by atoms with van der Waals surface area (Å²) in [7, 11) is 0. The summed E-state index contributed by atoms with van der Waals surface area (Å²) in [5.74, 6) is 0.883. The van der Waals surface area contributed by atoms with Crippen molar-refractivity contribution in [1.82, 2.24) is 5.32 Å². The van der Waals surface area contributed by atoms with Gasteiger partial charge in [-0.25, -0.2) is 4.39 Å². The molecule has 1 aliphatic carbocycles. The average Bonchev–Trinajstić information content (AvgIpc) is 2.61. The highest BCUT2D eigenvalue weighted by molar-refractivity contribution is 4.94. The highest BCUT2D eigenvalue weighted by Gasteiger charge is 2.37. The molecule has 1 saturated carbocycles. The standard InChI is InChI=1S/C8H14FN/c9-8(5-10-6-8)4-3-7-1-2-7/h7,10H,1-6H2. The van der Waals surface area contributed by atoms with Crippen molar-refractivity contribution in [3.8, 4) is 0 Å². The number of hydrogen-bond donors (Lipinski definition) is 1. The summed E-state index contributed by atoms with van der Waals surface area (Å²) >= 11 is 0. The molecule has 0 aromatic rings. The Morgan fingerprint density at radius 1 is 1.40 bits per heavy atom. The van der Waals surface area contributed by atoms with E-state index in [4.69, 9.17) is 0 Å². The molecule has 0 aromatic carbocycles. The minimum absolute atomic E-state index is 0.597. The normalized spacial score (nSPS) is 29.7. The smallest absolute Gasteiger partial charge is 0.135 e. The molecule has 58 valence electrons. The van der Waals surface area contributed by atoms with Gasteiger partial charge in [0.15, 0.2) is 0 Å². The maximum Gasteiger partial charge on any atom is 0.135 e. The monoisotopic (exact) mass is 143 g/mol. The Balaban J connectivity index is 1.67. The molecule has 1 saturated heterocycles. The molecular weight excluding hydrogens is 129 g/mol. The van der Waals surface area contributed by atoms with Crippen LogP contribution >= 0.6 is 0 Å². The van der Waals surface area contributed by atoms with Crippen LogP contribution in [0.5, 0.6) is 0 Å². The molecule has 1 nitrogen and oxygen atoms in total. The number of rotatable bonds is 3. The van der Waals surface area contributed by atoms with Crippen molar-refractivity contribution in [2.75, 3.05) is 13.1 Å². The van der Waals surface area contributed by atoms with Crippen molar-refractivity contribution in [3.63, 3.8) is 0 Å². The Morgan fingerprint density at radius 3 is 2.50 bits per heavy atom. The van der Waals surface area contributed by atoms with Crippen LogP contribution in [-0.2, 0) is 0 Å². The van der Waals surface area contributed by atoms with Gasteiger partial charge >= 0.3 is 0 Å². The molecule has 0 aromatic heterocycles. The summed E-state index contributed by atoms with van der Waals surface area (Å²) in [6.07, 6.45) is 4.62. The quantitative estimate of drug-likeness (QED) is 0.631. The Hall–Kier alpha value is -0.110. The van der Waals surface area contributed by atoms with E-state index in [9.17, 15) is 4.39 Å². The molecule has 0 bridgehead atoms. The zero-order valence-corrected chi connectivity index (χ0v) is 6.20. The molecule has 0 unspecified atom stereocenters. The van der Waals surface area contributed by atoms with Crippen LogP contribution in [0.1, 0.15) is 25.7 Å². The van der Waals surface area contributed by atoms with E-state index in [-0.39, 0.29) is 0 Å². The number of hydrogen-bond acceptors (Lipinski definition) is 1. The molecule has 2 aliphatic rings. The first kappa shape index (κ1) is 6.59. The van der Waals surface area contributed by atoms with Crippen molar-refractivity contribution in [3.05, 3.63) is 0 Å². The Bertz CT molecular complexity index is 127. The third kappa shape index (κ3) is 1.31. The second-order valence-electron chi connectivity index (χ2n) is 3.74. The second kappa shape index (κ2) is 2.19. The van der Waals surface area contributed by atoms with Crippen LogP contribution in [0.15, 0.2) is 0 Å². The molecule has 1 heterocycles. The first-order valence-electron chi connectivity index (χ1n) is 4.18. The number of alkyl halides is 1.